The van der Waals surface area contributed by atoms with Crippen molar-refractivity contribution in [3.05, 3.63) is 64.2 Å². The number of benzene rings is 2. The van der Waals surface area contributed by atoms with Crippen LogP contribution >= 0.6 is 11.6 Å². The van der Waals surface area contributed by atoms with Gasteiger partial charge in [-0.1, -0.05) is 29.8 Å². The number of carbonyl (C=O) groups is 1. The van der Waals surface area contributed by atoms with E-state index in [4.69, 9.17) is 16.7 Å². The summed E-state index contributed by atoms with van der Waals surface area (Å²) in [4.78, 5) is 12.0. The van der Waals surface area contributed by atoms with Gasteiger partial charge in [-0.15, -0.1) is 0 Å². The number of aliphatic hydroxyl groups excluding tert-OH is 1. The van der Waals surface area contributed by atoms with Crippen LogP contribution in [-0.2, 0) is 6.61 Å². The summed E-state index contributed by atoms with van der Waals surface area (Å²) in [6.45, 7) is 1.87. The van der Waals surface area contributed by atoms with Gasteiger partial charge in [0.05, 0.1) is 6.61 Å². The van der Waals surface area contributed by atoms with Gasteiger partial charge in [0.2, 0.25) is 0 Å². The summed E-state index contributed by atoms with van der Waals surface area (Å²) in [7, 11) is 0. The fourth-order valence-corrected chi connectivity index (χ4v) is 1.82. The predicted molar refractivity (Wildman–Crippen MR) is 76.5 cm³/mol. The van der Waals surface area contributed by atoms with E-state index in [0.717, 1.165) is 11.1 Å². The molecular formula is C15H14ClNO2. The third-order valence-corrected chi connectivity index (χ3v) is 3.24. The number of hydrogen-bond donors (Lipinski definition) is 2. The molecule has 0 unspecified atom stereocenters. The molecular weight excluding hydrogens is 262 g/mol. The van der Waals surface area contributed by atoms with Crippen LogP contribution in [0.15, 0.2) is 42.5 Å². The van der Waals surface area contributed by atoms with Crippen molar-refractivity contribution in [2.75, 3.05) is 5.32 Å². The number of anilines is 1. The maximum atomic E-state index is 12.0. The molecule has 0 bridgehead atoms. The van der Waals surface area contributed by atoms with Gasteiger partial charge in [0.1, 0.15) is 0 Å². The number of aliphatic hydroxyl groups is 1. The van der Waals surface area contributed by atoms with Gasteiger partial charge in [0.25, 0.3) is 5.91 Å². The Hall–Kier alpha value is -1.84. The lowest BCUT2D eigenvalue weighted by atomic mass is 10.1. The van der Waals surface area contributed by atoms with Crippen LogP contribution < -0.4 is 5.32 Å². The van der Waals surface area contributed by atoms with Crippen molar-refractivity contribution in [2.45, 2.75) is 13.5 Å². The Morgan fingerprint density at radius 1 is 1.21 bits per heavy atom. The molecule has 0 aliphatic heterocycles. The zero-order chi connectivity index (χ0) is 13.8. The number of halogens is 1. The van der Waals surface area contributed by atoms with Gasteiger partial charge in [-0.3, -0.25) is 4.79 Å². The van der Waals surface area contributed by atoms with Gasteiger partial charge in [-0.2, -0.15) is 0 Å². The third-order valence-electron chi connectivity index (χ3n) is 2.83. The second-order valence-corrected chi connectivity index (χ2v) is 4.68. The first-order chi connectivity index (χ1) is 9.10. The highest BCUT2D eigenvalue weighted by Crippen LogP contribution is 2.20. The molecule has 0 aliphatic carbocycles. The number of rotatable bonds is 3. The third kappa shape index (κ3) is 3.34. The van der Waals surface area contributed by atoms with E-state index in [-0.39, 0.29) is 12.5 Å². The van der Waals surface area contributed by atoms with Crippen LogP contribution in [0, 0.1) is 6.92 Å². The molecule has 2 aromatic carbocycles. The summed E-state index contributed by atoms with van der Waals surface area (Å²) >= 11 is 6.00. The number of aryl methyl sites for hydroxylation is 1. The first kappa shape index (κ1) is 13.6. The maximum Gasteiger partial charge on any atom is 0.255 e. The quantitative estimate of drug-likeness (QED) is 0.902. The summed E-state index contributed by atoms with van der Waals surface area (Å²) in [5.41, 5.74) is 2.93. The monoisotopic (exact) mass is 275 g/mol. The van der Waals surface area contributed by atoms with E-state index < -0.39 is 0 Å². The summed E-state index contributed by atoms with van der Waals surface area (Å²) in [5, 5.41) is 12.3. The van der Waals surface area contributed by atoms with E-state index >= 15 is 0 Å². The lowest BCUT2D eigenvalue weighted by Crippen LogP contribution is -2.11. The zero-order valence-electron chi connectivity index (χ0n) is 10.5. The Kier molecular flexibility index (Phi) is 4.20. The molecule has 4 heteroatoms. The molecule has 0 saturated carbocycles. The van der Waals surface area contributed by atoms with Gasteiger partial charge in [-0.05, 0) is 42.3 Å². The zero-order valence-corrected chi connectivity index (χ0v) is 11.2. The van der Waals surface area contributed by atoms with E-state index in [1.165, 1.54) is 0 Å². The van der Waals surface area contributed by atoms with Crippen molar-refractivity contribution < 1.29 is 9.90 Å². The molecule has 0 aliphatic rings. The Labute approximate surface area is 116 Å². The lowest BCUT2D eigenvalue weighted by Gasteiger charge is -2.07. The molecule has 0 fully saturated rings. The van der Waals surface area contributed by atoms with Crippen LogP contribution in [-0.4, -0.2) is 11.0 Å². The average Bonchev–Trinajstić information content (AvgIpc) is 2.43. The lowest BCUT2D eigenvalue weighted by molar-refractivity contribution is 0.102. The summed E-state index contributed by atoms with van der Waals surface area (Å²) in [6, 6.07) is 12.2. The average molecular weight is 276 g/mol. The molecule has 0 atom stereocenters. The van der Waals surface area contributed by atoms with Crippen LogP contribution in [0.3, 0.4) is 0 Å². The number of nitrogens with one attached hydrogen (secondary N) is 1. The summed E-state index contributed by atoms with van der Waals surface area (Å²) in [6.07, 6.45) is 0. The predicted octanol–water partition coefficient (Wildman–Crippen LogP) is 3.39. The second-order valence-electron chi connectivity index (χ2n) is 4.27. The topological polar surface area (TPSA) is 49.3 Å². The van der Waals surface area contributed by atoms with Crippen molar-refractivity contribution in [1.29, 1.82) is 0 Å². The van der Waals surface area contributed by atoms with Crippen molar-refractivity contribution in [1.82, 2.24) is 0 Å². The van der Waals surface area contributed by atoms with E-state index in [2.05, 4.69) is 5.32 Å². The summed E-state index contributed by atoms with van der Waals surface area (Å²) < 4.78 is 0. The van der Waals surface area contributed by atoms with E-state index in [0.29, 0.717) is 16.3 Å². The minimum absolute atomic E-state index is 0.0323. The van der Waals surface area contributed by atoms with Gasteiger partial charge >= 0.3 is 0 Å². The van der Waals surface area contributed by atoms with Crippen molar-refractivity contribution in [2.24, 2.45) is 0 Å². The fourth-order valence-electron chi connectivity index (χ4n) is 1.64. The van der Waals surface area contributed by atoms with Crippen LogP contribution in [0.5, 0.6) is 0 Å². The minimum Gasteiger partial charge on any atom is -0.392 e. The Balaban J connectivity index is 2.13. The molecule has 2 rings (SSSR count). The van der Waals surface area contributed by atoms with Gasteiger partial charge in [0.15, 0.2) is 0 Å². The highest BCUT2D eigenvalue weighted by Gasteiger charge is 2.06. The second kappa shape index (κ2) is 5.87. The normalized spacial score (nSPS) is 10.3. The molecule has 98 valence electrons. The molecule has 0 aromatic heterocycles. The number of carbonyl (C=O) groups excluding carboxylic acids is 1. The van der Waals surface area contributed by atoms with Crippen LogP contribution in [0.1, 0.15) is 21.5 Å². The maximum absolute atomic E-state index is 12.0. The van der Waals surface area contributed by atoms with Gasteiger partial charge in [0, 0.05) is 16.3 Å². The Bertz CT molecular complexity index is 594. The Morgan fingerprint density at radius 3 is 2.47 bits per heavy atom. The molecule has 19 heavy (non-hydrogen) atoms. The van der Waals surface area contributed by atoms with E-state index in [1.807, 2.05) is 13.0 Å². The van der Waals surface area contributed by atoms with Crippen LogP contribution in [0.25, 0.3) is 0 Å². The first-order valence-electron chi connectivity index (χ1n) is 5.87. The minimum atomic E-state index is -0.204. The van der Waals surface area contributed by atoms with Crippen LogP contribution in [0.4, 0.5) is 5.69 Å². The molecule has 0 spiro atoms. The smallest absolute Gasteiger partial charge is 0.255 e. The highest BCUT2D eigenvalue weighted by molar-refractivity contribution is 6.31. The van der Waals surface area contributed by atoms with E-state index in [9.17, 15) is 4.79 Å². The van der Waals surface area contributed by atoms with Crippen molar-refractivity contribution >= 4 is 23.2 Å². The van der Waals surface area contributed by atoms with Gasteiger partial charge < -0.3 is 10.4 Å². The van der Waals surface area contributed by atoms with E-state index in [1.54, 1.807) is 36.4 Å². The molecule has 0 heterocycles. The molecule has 2 N–H and O–H groups in total. The number of amides is 1. The summed E-state index contributed by atoms with van der Waals surface area (Å²) in [5.74, 6) is -0.204. The largest absolute Gasteiger partial charge is 0.392 e. The molecule has 1 amide bonds. The molecule has 0 radical (unpaired) electrons. The molecule has 3 nitrogen and oxygen atoms in total. The molecule has 0 saturated heterocycles. The van der Waals surface area contributed by atoms with Crippen LogP contribution in [0.2, 0.25) is 5.02 Å². The highest BCUT2D eigenvalue weighted by atomic mass is 35.5. The van der Waals surface area contributed by atoms with Crippen molar-refractivity contribution in [3.63, 3.8) is 0 Å². The first-order valence-corrected chi connectivity index (χ1v) is 6.25. The van der Waals surface area contributed by atoms with Crippen molar-refractivity contribution in [3.8, 4) is 0 Å². The number of hydrogen-bond acceptors (Lipinski definition) is 2. The molecule has 2 aromatic rings. The SMILES string of the molecule is Cc1ccc(NC(=O)c2ccc(CO)cc2)cc1Cl. The van der Waals surface area contributed by atoms with Gasteiger partial charge in [-0.25, -0.2) is 0 Å². The standard InChI is InChI=1S/C15H14ClNO2/c1-10-2-7-13(8-14(10)16)17-15(19)12-5-3-11(9-18)4-6-12/h2-8,18H,9H2,1H3,(H,17,19). The fraction of sp³-hybridized carbons (Fsp3) is 0.133. The Morgan fingerprint density at radius 2 is 1.89 bits per heavy atom.